The summed E-state index contributed by atoms with van der Waals surface area (Å²) in [7, 11) is 0. The van der Waals surface area contributed by atoms with Crippen LogP contribution in [0.1, 0.15) is 0 Å². The molecule has 0 saturated carbocycles. The minimum atomic E-state index is 0.885. The molecule has 0 unspecified atom stereocenters. The first-order valence-corrected chi connectivity index (χ1v) is 15.4. The van der Waals surface area contributed by atoms with Crippen molar-refractivity contribution in [2.24, 2.45) is 0 Å². The molecule has 0 amide bonds. The van der Waals surface area contributed by atoms with Gasteiger partial charge in [-0.25, -0.2) is 0 Å². The summed E-state index contributed by atoms with van der Waals surface area (Å²) in [6.07, 6.45) is 0. The second-order valence-electron chi connectivity index (χ2n) is 11.8. The second-order valence-corrected chi connectivity index (χ2v) is 11.8. The molecule has 1 aliphatic rings. The summed E-state index contributed by atoms with van der Waals surface area (Å²) in [5.41, 5.74) is 11.8. The SMILES string of the molecule is c1cc(-c2ccc(-n3c4ccccc4c4ccccc43)cc2)cc(-c2ccc3c(c2)c2cccc4c2n3-c2ccccc2O4)c1. The molecule has 10 rings (SSSR count). The van der Waals surface area contributed by atoms with Gasteiger partial charge in [0, 0.05) is 27.2 Å². The zero-order chi connectivity index (χ0) is 29.5. The first-order chi connectivity index (χ1) is 22.3. The first kappa shape index (κ1) is 24.4. The van der Waals surface area contributed by atoms with Gasteiger partial charge >= 0.3 is 0 Å². The van der Waals surface area contributed by atoms with Crippen LogP contribution >= 0.6 is 0 Å². The molecule has 1 aliphatic heterocycles. The summed E-state index contributed by atoms with van der Waals surface area (Å²) >= 11 is 0. The summed E-state index contributed by atoms with van der Waals surface area (Å²) in [5, 5.41) is 4.99. The molecule has 7 aromatic carbocycles. The Morgan fingerprint density at radius 2 is 0.933 bits per heavy atom. The van der Waals surface area contributed by atoms with E-state index in [9.17, 15) is 0 Å². The fraction of sp³-hybridized carbons (Fsp3) is 0. The molecule has 45 heavy (non-hydrogen) atoms. The fourth-order valence-electron chi connectivity index (χ4n) is 7.28. The number of hydrogen-bond donors (Lipinski definition) is 0. The molecule has 0 fully saturated rings. The minimum Gasteiger partial charge on any atom is -0.453 e. The van der Waals surface area contributed by atoms with Crippen molar-refractivity contribution in [2.75, 3.05) is 0 Å². The van der Waals surface area contributed by atoms with Gasteiger partial charge in [-0.05, 0) is 82.9 Å². The van der Waals surface area contributed by atoms with Crippen LogP contribution in [0.15, 0.2) is 158 Å². The lowest BCUT2D eigenvalue weighted by Gasteiger charge is -2.20. The number of fused-ring (bicyclic) bond motifs is 8. The van der Waals surface area contributed by atoms with Gasteiger partial charge in [0.25, 0.3) is 0 Å². The smallest absolute Gasteiger partial charge is 0.152 e. The van der Waals surface area contributed by atoms with Gasteiger partial charge < -0.3 is 13.9 Å². The average molecular weight is 575 g/mol. The summed E-state index contributed by atoms with van der Waals surface area (Å²) in [5.74, 6) is 1.78. The van der Waals surface area contributed by atoms with Crippen molar-refractivity contribution < 1.29 is 4.74 Å². The van der Waals surface area contributed by atoms with Crippen LogP contribution in [0.4, 0.5) is 0 Å². The zero-order valence-electron chi connectivity index (χ0n) is 24.3. The molecule has 3 nitrogen and oxygen atoms in total. The molecule has 0 N–H and O–H groups in total. The summed E-state index contributed by atoms with van der Waals surface area (Å²) < 4.78 is 11.0. The van der Waals surface area contributed by atoms with Crippen LogP contribution < -0.4 is 4.74 Å². The maximum Gasteiger partial charge on any atom is 0.152 e. The van der Waals surface area contributed by atoms with Gasteiger partial charge in [-0.1, -0.05) is 97.1 Å². The van der Waals surface area contributed by atoms with E-state index in [1.54, 1.807) is 0 Å². The number of aromatic nitrogens is 2. The van der Waals surface area contributed by atoms with Crippen LogP contribution in [0.2, 0.25) is 0 Å². The van der Waals surface area contributed by atoms with E-state index in [1.807, 2.05) is 12.1 Å². The topological polar surface area (TPSA) is 19.1 Å². The van der Waals surface area contributed by atoms with E-state index in [2.05, 4.69) is 155 Å². The van der Waals surface area contributed by atoms with Crippen LogP contribution in [0, 0.1) is 0 Å². The summed E-state index contributed by atoms with van der Waals surface area (Å²) in [6.45, 7) is 0. The molecule has 0 atom stereocenters. The Kier molecular flexibility index (Phi) is 5.00. The van der Waals surface area contributed by atoms with Gasteiger partial charge in [-0.2, -0.15) is 0 Å². The van der Waals surface area contributed by atoms with Crippen LogP contribution in [0.5, 0.6) is 11.5 Å². The average Bonchev–Trinajstić information content (AvgIpc) is 3.63. The highest BCUT2D eigenvalue weighted by molar-refractivity contribution is 6.13. The molecule has 0 aliphatic carbocycles. The minimum absolute atomic E-state index is 0.885. The van der Waals surface area contributed by atoms with Crippen molar-refractivity contribution in [3.63, 3.8) is 0 Å². The molecule has 3 heteroatoms. The molecular formula is C42H26N2O. The standard InChI is InChI=1S/C42H26N2O/c1-3-14-36-32(11-1)33-12-2-4-15-37(33)43(36)31-22-19-27(20-23-31)28-9-7-10-29(25-28)30-21-24-38-35(26-30)34-13-8-18-41-42(34)44(38)39-16-5-6-17-40(39)45-41/h1-26H. The molecule has 2 aromatic heterocycles. The number of ether oxygens (including phenoxy) is 1. The maximum absolute atomic E-state index is 6.31. The van der Waals surface area contributed by atoms with E-state index in [-0.39, 0.29) is 0 Å². The maximum atomic E-state index is 6.31. The van der Waals surface area contributed by atoms with Crippen LogP contribution in [0.3, 0.4) is 0 Å². The second kappa shape index (κ2) is 9.22. The van der Waals surface area contributed by atoms with E-state index in [0.29, 0.717) is 0 Å². The Bertz CT molecular complexity index is 2570. The van der Waals surface area contributed by atoms with Crippen molar-refractivity contribution in [1.82, 2.24) is 9.13 Å². The predicted molar refractivity (Wildman–Crippen MR) is 186 cm³/mol. The first-order valence-electron chi connectivity index (χ1n) is 15.4. The van der Waals surface area contributed by atoms with E-state index in [0.717, 1.165) is 28.4 Å². The number of nitrogens with zero attached hydrogens (tertiary/aromatic N) is 2. The summed E-state index contributed by atoms with van der Waals surface area (Å²) in [6, 6.07) is 56.6. The van der Waals surface area contributed by atoms with E-state index in [4.69, 9.17) is 4.74 Å². The Morgan fingerprint density at radius 3 is 1.73 bits per heavy atom. The quantitative estimate of drug-likeness (QED) is 0.205. The van der Waals surface area contributed by atoms with Gasteiger partial charge in [-0.15, -0.1) is 0 Å². The highest BCUT2D eigenvalue weighted by Gasteiger charge is 2.23. The van der Waals surface area contributed by atoms with Crippen LogP contribution in [0.25, 0.3) is 77.2 Å². The molecular weight excluding hydrogens is 548 g/mol. The zero-order valence-corrected chi connectivity index (χ0v) is 24.3. The van der Waals surface area contributed by atoms with Gasteiger partial charge in [0.2, 0.25) is 0 Å². The van der Waals surface area contributed by atoms with Gasteiger partial charge in [0.05, 0.1) is 27.8 Å². The molecule has 3 heterocycles. The van der Waals surface area contributed by atoms with Gasteiger partial charge in [0.15, 0.2) is 11.5 Å². The van der Waals surface area contributed by atoms with Crippen molar-refractivity contribution >= 4 is 43.6 Å². The monoisotopic (exact) mass is 574 g/mol. The lowest BCUT2D eigenvalue weighted by Crippen LogP contribution is -2.03. The van der Waals surface area contributed by atoms with E-state index >= 15 is 0 Å². The molecule has 0 radical (unpaired) electrons. The number of hydrogen-bond acceptors (Lipinski definition) is 1. The molecule has 0 bridgehead atoms. The van der Waals surface area contributed by atoms with Crippen molar-refractivity contribution in [3.8, 4) is 45.1 Å². The van der Waals surface area contributed by atoms with E-state index in [1.165, 1.54) is 60.3 Å². The van der Waals surface area contributed by atoms with Crippen molar-refractivity contribution in [2.45, 2.75) is 0 Å². The molecule has 9 aromatic rings. The molecule has 0 saturated heterocycles. The van der Waals surface area contributed by atoms with Crippen molar-refractivity contribution in [1.29, 1.82) is 0 Å². The Morgan fingerprint density at radius 1 is 0.356 bits per heavy atom. The van der Waals surface area contributed by atoms with Crippen LogP contribution in [-0.4, -0.2) is 9.13 Å². The Labute approximate surface area is 259 Å². The predicted octanol–water partition coefficient (Wildman–Crippen LogP) is 11.3. The highest BCUT2D eigenvalue weighted by Crippen LogP contribution is 2.46. The molecule has 0 spiro atoms. The Balaban J connectivity index is 1.06. The fourth-order valence-corrected chi connectivity index (χ4v) is 7.28. The van der Waals surface area contributed by atoms with Crippen molar-refractivity contribution in [3.05, 3.63) is 158 Å². The highest BCUT2D eigenvalue weighted by atomic mass is 16.5. The number of rotatable bonds is 3. The third-order valence-electron chi connectivity index (χ3n) is 9.31. The third kappa shape index (κ3) is 3.52. The summed E-state index contributed by atoms with van der Waals surface area (Å²) in [4.78, 5) is 0. The van der Waals surface area contributed by atoms with Gasteiger partial charge in [-0.3, -0.25) is 0 Å². The molecule has 210 valence electrons. The lowest BCUT2D eigenvalue weighted by molar-refractivity contribution is 0.476. The van der Waals surface area contributed by atoms with Gasteiger partial charge in [0.1, 0.15) is 0 Å². The lowest BCUT2D eigenvalue weighted by atomic mass is 9.98. The Hall–Kier alpha value is -6.06. The number of benzene rings is 7. The third-order valence-corrected chi connectivity index (χ3v) is 9.31. The van der Waals surface area contributed by atoms with E-state index < -0.39 is 0 Å². The number of para-hydroxylation sites is 5. The largest absolute Gasteiger partial charge is 0.453 e. The normalized spacial score (nSPS) is 12.2. The van der Waals surface area contributed by atoms with Crippen LogP contribution in [-0.2, 0) is 0 Å².